The van der Waals surface area contributed by atoms with Crippen LogP contribution >= 0.6 is 11.6 Å². The molecule has 1 aromatic heterocycles. The molecule has 0 aliphatic heterocycles. The molecule has 1 amide bonds. The Morgan fingerprint density at radius 1 is 1.43 bits per heavy atom. The van der Waals surface area contributed by atoms with Crippen LogP contribution in [0, 0.1) is 16.0 Å². The third-order valence-electron chi connectivity index (χ3n) is 3.57. The van der Waals surface area contributed by atoms with E-state index >= 15 is 0 Å². The molecule has 2 atom stereocenters. The van der Waals surface area contributed by atoms with E-state index in [-0.39, 0.29) is 5.91 Å². The maximum atomic E-state index is 11.7. The fraction of sp³-hybridized carbons (Fsp3) is 0.357. The highest BCUT2D eigenvalue weighted by atomic mass is 35.5. The monoisotopic (exact) mass is 336 g/mol. The first kappa shape index (κ1) is 15.4. The highest BCUT2D eigenvalue weighted by Gasteiger charge is 2.53. The lowest BCUT2D eigenvalue weighted by atomic mass is 10.2. The number of nitrogens with zero attached hydrogens (tertiary/aromatic N) is 3. The van der Waals surface area contributed by atoms with E-state index in [2.05, 4.69) is 15.5 Å². The van der Waals surface area contributed by atoms with Crippen LogP contribution in [0.4, 0.5) is 0 Å². The van der Waals surface area contributed by atoms with Gasteiger partial charge in [-0.2, -0.15) is 4.98 Å². The van der Waals surface area contributed by atoms with Gasteiger partial charge in [-0.25, -0.2) is 0 Å². The second-order valence-corrected chi connectivity index (χ2v) is 5.69. The number of aromatic nitrogens is 2. The number of nitrogens with one attached hydrogen (secondary N) is 1. The number of nitro groups is 1. The Hall–Kier alpha value is -2.48. The second kappa shape index (κ2) is 6.33. The number of hydrogen-bond donors (Lipinski definition) is 1. The number of carbonyl (C=O) groups excluding carboxylic acids is 1. The molecule has 2 aromatic rings. The molecule has 1 aliphatic carbocycles. The molecule has 1 saturated carbocycles. The van der Waals surface area contributed by atoms with Crippen LogP contribution in [0.1, 0.15) is 12.3 Å². The molecule has 120 valence electrons. The van der Waals surface area contributed by atoms with E-state index in [1.807, 2.05) is 0 Å². The molecule has 0 saturated heterocycles. The molecule has 3 rings (SSSR count). The van der Waals surface area contributed by atoms with Crippen LogP contribution in [0.5, 0.6) is 0 Å². The maximum absolute atomic E-state index is 11.7. The lowest BCUT2D eigenvalue weighted by Gasteiger charge is -2.00. The molecule has 8 nitrogen and oxygen atoms in total. The van der Waals surface area contributed by atoms with Gasteiger partial charge in [0.15, 0.2) is 0 Å². The molecule has 1 N–H and O–H groups in total. The molecule has 9 heteroatoms. The molecule has 1 heterocycles. The van der Waals surface area contributed by atoms with Gasteiger partial charge in [-0.3, -0.25) is 14.9 Å². The third kappa shape index (κ3) is 3.65. The summed E-state index contributed by atoms with van der Waals surface area (Å²) in [5, 5.41) is 17.6. The summed E-state index contributed by atoms with van der Waals surface area (Å²) in [7, 11) is 0. The molecule has 23 heavy (non-hydrogen) atoms. The Kier molecular flexibility index (Phi) is 4.24. The van der Waals surface area contributed by atoms with E-state index in [1.165, 1.54) is 0 Å². The number of rotatable bonds is 6. The fourth-order valence-electron chi connectivity index (χ4n) is 2.19. The van der Waals surface area contributed by atoms with E-state index in [0.717, 1.165) is 5.56 Å². The summed E-state index contributed by atoms with van der Waals surface area (Å²) in [6, 6.07) is 6.28. The van der Waals surface area contributed by atoms with Gasteiger partial charge in [0.1, 0.15) is 5.92 Å². The lowest BCUT2D eigenvalue weighted by Crippen LogP contribution is -2.29. The number of amides is 1. The quantitative estimate of drug-likeness (QED) is 0.635. The summed E-state index contributed by atoms with van der Waals surface area (Å²) >= 11 is 5.82. The Balaban J connectivity index is 1.49. The van der Waals surface area contributed by atoms with Gasteiger partial charge in [-0.1, -0.05) is 16.8 Å². The lowest BCUT2D eigenvalue weighted by molar-refractivity contribution is -0.497. The van der Waals surface area contributed by atoms with Crippen molar-refractivity contribution in [3.8, 4) is 11.4 Å². The minimum Gasteiger partial charge on any atom is -0.355 e. The largest absolute Gasteiger partial charge is 0.355 e. The number of benzene rings is 1. The topological polar surface area (TPSA) is 111 Å². The van der Waals surface area contributed by atoms with Crippen molar-refractivity contribution in [2.75, 3.05) is 6.54 Å². The molecule has 0 bridgehead atoms. The van der Waals surface area contributed by atoms with Gasteiger partial charge in [-0.15, -0.1) is 0 Å². The van der Waals surface area contributed by atoms with Crippen LogP contribution in [-0.4, -0.2) is 33.6 Å². The Labute approximate surface area is 136 Å². The zero-order valence-electron chi connectivity index (χ0n) is 11.9. The van der Waals surface area contributed by atoms with Gasteiger partial charge >= 0.3 is 0 Å². The van der Waals surface area contributed by atoms with Crippen molar-refractivity contribution in [1.29, 1.82) is 0 Å². The SMILES string of the molecule is O=C(NCCc1nc(-c2ccc(Cl)cc2)no1)[C@H]1C[C@@H]1[N+](=O)[O-]. The number of hydrogen-bond acceptors (Lipinski definition) is 6. The summed E-state index contributed by atoms with van der Waals surface area (Å²) in [5.74, 6) is 0.0110. The average molecular weight is 337 g/mol. The summed E-state index contributed by atoms with van der Waals surface area (Å²) in [6.07, 6.45) is 0.669. The molecule has 0 unspecified atom stereocenters. The van der Waals surface area contributed by atoms with Crippen molar-refractivity contribution in [2.24, 2.45) is 5.92 Å². The first-order valence-electron chi connectivity index (χ1n) is 7.04. The van der Waals surface area contributed by atoms with Gasteiger partial charge < -0.3 is 9.84 Å². The Bertz CT molecular complexity index is 731. The predicted molar refractivity (Wildman–Crippen MR) is 80.3 cm³/mol. The average Bonchev–Trinajstić information content (AvgIpc) is 3.21. The highest BCUT2D eigenvalue weighted by molar-refractivity contribution is 6.30. The Morgan fingerprint density at radius 2 is 2.17 bits per heavy atom. The normalized spacial score (nSPS) is 19.3. The minimum atomic E-state index is -0.741. The molecular weight excluding hydrogens is 324 g/mol. The Morgan fingerprint density at radius 3 is 2.83 bits per heavy atom. The van der Waals surface area contributed by atoms with Gasteiger partial charge in [0, 0.05) is 34.9 Å². The van der Waals surface area contributed by atoms with Gasteiger partial charge in [0.25, 0.3) is 0 Å². The first-order chi connectivity index (χ1) is 11.0. The van der Waals surface area contributed by atoms with Crippen molar-refractivity contribution in [3.63, 3.8) is 0 Å². The van der Waals surface area contributed by atoms with Crippen LogP contribution in [0.25, 0.3) is 11.4 Å². The highest BCUT2D eigenvalue weighted by Crippen LogP contribution is 2.32. The summed E-state index contributed by atoms with van der Waals surface area (Å²) in [4.78, 5) is 26.0. The summed E-state index contributed by atoms with van der Waals surface area (Å²) < 4.78 is 5.11. The van der Waals surface area contributed by atoms with E-state index in [0.29, 0.717) is 36.1 Å². The van der Waals surface area contributed by atoms with Gasteiger partial charge in [0.05, 0.1) is 0 Å². The van der Waals surface area contributed by atoms with E-state index in [9.17, 15) is 14.9 Å². The maximum Gasteiger partial charge on any atom is 0.230 e. The second-order valence-electron chi connectivity index (χ2n) is 5.25. The molecule has 1 aromatic carbocycles. The van der Waals surface area contributed by atoms with Crippen LogP contribution in [0.3, 0.4) is 0 Å². The zero-order chi connectivity index (χ0) is 16.4. The van der Waals surface area contributed by atoms with Crippen LogP contribution < -0.4 is 5.32 Å². The van der Waals surface area contributed by atoms with Gasteiger partial charge in [-0.05, 0) is 24.3 Å². The van der Waals surface area contributed by atoms with Crippen molar-refractivity contribution in [3.05, 3.63) is 45.3 Å². The minimum absolute atomic E-state index is 0.294. The smallest absolute Gasteiger partial charge is 0.230 e. The first-order valence-corrected chi connectivity index (χ1v) is 7.42. The number of halogens is 1. The van der Waals surface area contributed by atoms with Crippen molar-refractivity contribution >= 4 is 17.5 Å². The van der Waals surface area contributed by atoms with Crippen molar-refractivity contribution in [1.82, 2.24) is 15.5 Å². The van der Waals surface area contributed by atoms with Crippen LogP contribution in [-0.2, 0) is 11.2 Å². The van der Waals surface area contributed by atoms with Crippen LogP contribution in [0.15, 0.2) is 28.8 Å². The van der Waals surface area contributed by atoms with Gasteiger partial charge in [0.2, 0.25) is 23.7 Å². The molecular formula is C14H13ClN4O4. The summed E-state index contributed by atoms with van der Waals surface area (Å²) in [5.41, 5.74) is 0.778. The van der Waals surface area contributed by atoms with E-state index in [4.69, 9.17) is 16.1 Å². The van der Waals surface area contributed by atoms with Crippen LogP contribution in [0.2, 0.25) is 5.02 Å². The molecule has 1 aliphatic rings. The fourth-order valence-corrected chi connectivity index (χ4v) is 2.32. The predicted octanol–water partition coefficient (Wildman–Crippen LogP) is 1.71. The van der Waals surface area contributed by atoms with E-state index in [1.54, 1.807) is 24.3 Å². The third-order valence-corrected chi connectivity index (χ3v) is 3.82. The van der Waals surface area contributed by atoms with E-state index < -0.39 is 16.9 Å². The zero-order valence-corrected chi connectivity index (χ0v) is 12.7. The standard InChI is InChI=1S/C14H13ClN4O4/c15-9-3-1-8(2-4-9)13-17-12(23-18-13)5-6-16-14(20)10-7-11(10)19(21)22/h1-4,10-11H,5-7H2,(H,16,20)/t10-,11-/m0/s1. The molecule has 0 radical (unpaired) electrons. The number of carbonyl (C=O) groups is 1. The molecule has 1 fully saturated rings. The van der Waals surface area contributed by atoms with Crippen molar-refractivity contribution < 1.29 is 14.2 Å². The van der Waals surface area contributed by atoms with Crippen molar-refractivity contribution in [2.45, 2.75) is 18.9 Å². The molecule has 0 spiro atoms. The summed E-state index contributed by atoms with van der Waals surface area (Å²) in [6.45, 7) is 0.294.